The molecule has 9 nitrogen and oxygen atoms in total. The maximum atomic E-state index is 12.5. The SMILES string of the molecule is Cc1cc(-c2cn[nH]c(=O)c2)ccc1CCC(=O)c1cnc(C(C)(C)C)s1.Cc1cc(-c2cnnc(Cl)c2)ccc1CCC(=O)c1cnc(C(C)(C)C)s1. The van der Waals surface area contributed by atoms with Crippen molar-refractivity contribution < 1.29 is 9.59 Å². The quantitative estimate of drug-likeness (QED) is 0.136. The summed E-state index contributed by atoms with van der Waals surface area (Å²) in [5.74, 6) is 0.280. The van der Waals surface area contributed by atoms with Crippen LogP contribution in [0.4, 0.5) is 0 Å². The lowest BCUT2D eigenvalue weighted by Gasteiger charge is -2.13. The molecule has 4 heterocycles. The maximum Gasteiger partial charge on any atom is 0.264 e. The molecule has 6 rings (SSSR count). The molecule has 2 aromatic carbocycles. The van der Waals surface area contributed by atoms with Crippen molar-refractivity contribution in [2.24, 2.45) is 0 Å². The minimum Gasteiger partial charge on any atom is -0.293 e. The number of carbonyl (C=O) groups is 2. The summed E-state index contributed by atoms with van der Waals surface area (Å²) in [5, 5.41) is 16.2. The number of nitrogens with zero attached hydrogens (tertiary/aromatic N) is 5. The van der Waals surface area contributed by atoms with E-state index in [-0.39, 0.29) is 28.0 Å². The van der Waals surface area contributed by atoms with Gasteiger partial charge in [-0.3, -0.25) is 14.4 Å². The molecular formula is C42H45ClN6O3S2. The molecule has 0 aliphatic rings. The average Bonchev–Trinajstić information content (AvgIpc) is 3.83. The van der Waals surface area contributed by atoms with Gasteiger partial charge in [0.2, 0.25) is 0 Å². The summed E-state index contributed by atoms with van der Waals surface area (Å²) in [6.45, 7) is 16.7. The van der Waals surface area contributed by atoms with Gasteiger partial charge in [-0.1, -0.05) is 89.5 Å². The molecule has 54 heavy (non-hydrogen) atoms. The fourth-order valence-corrected chi connectivity index (χ4v) is 7.63. The second-order valence-electron chi connectivity index (χ2n) is 15.3. The number of hydrogen-bond acceptors (Lipinski definition) is 10. The highest BCUT2D eigenvalue weighted by Gasteiger charge is 2.21. The smallest absolute Gasteiger partial charge is 0.264 e. The average molecular weight is 781 g/mol. The van der Waals surface area contributed by atoms with Gasteiger partial charge in [0.1, 0.15) is 0 Å². The number of Topliss-reactive ketones (excluding diaryl/α,β-unsaturated/α-hetero) is 2. The van der Waals surface area contributed by atoms with Crippen molar-refractivity contribution in [2.45, 2.75) is 91.9 Å². The van der Waals surface area contributed by atoms with Crippen LogP contribution in [0.5, 0.6) is 0 Å². The van der Waals surface area contributed by atoms with Gasteiger partial charge in [-0.05, 0) is 66.1 Å². The molecular weight excluding hydrogens is 736 g/mol. The molecule has 0 amide bonds. The number of aryl methyl sites for hydroxylation is 4. The Bertz CT molecular complexity index is 2330. The van der Waals surface area contributed by atoms with E-state index in [1.165, 1.54) is 34.3 Å². The molecule has 0 spiro atoms. The van der Waals surface area contributed by atoms with Crippen LogP contribution in [0.3, 0.4) is 0 Å². The van der Waals surface area contributed by atoms with E-state index in [9.17, 15) is 14.4 Å². The zero-order valence-corrected chi connectivity index (χ0v) is 34.3. The number of rotatable bonds is 10. The normalized spacial score (nSPS) is 11.6. The number of H-pyrrole nitrogens is 1. The lowest BCUT2D eigenvalue weighted by atomic mass is 9.97. The lowest BCUT2D eigenvalue weighted by Crippen LogP contribution is -2.09. The zero-order chi connectivity index (χ0) is 39.2. The van der Waals surface area contributed by atoms with Gasteiger partial charge in [0.15, 0.2) is 16.7 Å². The van der Waals surface area contributed by atoms with E-state index in [1.54, 1.807) is 30.9 Å². The van der Waals surface area contributed by atoms with Crippen molar-refractivity contribution >= 4 is 45.8 Å². The highest BCUT2D eigenvalue weighted by atomic mass is 35.5. The van der Waals surface area contributed by atoms with Gasteiger partial charge in [0.05, 0.1) is 32.2 Å². The molecule has 12 heteroatoms. The second kappa shape index (κ2) is 17.2. The summed E-state index contributed by atoms with van der Waals surface area (Å²) in [7, 11) is 0. The highest BCUT2D eigenvalue weighted by Crippen LogP contribution is 2.30. The van der Waals surface area contributed by atoms with Crippen LogP contribution >= 0.6 is 34.3 Å². The van der Waals surface area contributed by atoms with Gasteiger partial charge < -0.3 is 0 Å². The van der Waals surface area contributed by atoms with Crippen molar-refractivity contribution in [3.8, 4) is 22.3 Å². The van der Waals surface area contributed by atoms with Crippen LogP contribution < -0.4 is 5.56 Å². The van der Waals surface area contributed by atoms with Crippen molar-refractivity contribution in [1.82, 2.24) is 30.4 Å². The molecule has 0 unspecified atom stereocenters. The second-order valence-corrected chi connectivity index (χ2v) is 17.7. The maximum absolute atomic E-state index is 12.5. The molecule has 0 saturated carbocycles. The summed E-state index contributed by atoms with van der Waals surface area (Å²) in [5.41, 5.74) is 7.95. The number of hydrogen-bond donors (Lipinski definition) is 1. The monoisotopic (exact) mass is 780 g/mol. The number of nitrogens with one attached hydrogen (secondary N) is 1. The van der Waals surface area contributed by atoms with Gasteiger partial charge in [0, 0.05) is 53.3 Å². The minimum atomic E-state index is -0.223. The Morgan fingerprint density at radius 1 is 0.667 bits per heavy atom. The Morgan fingerprint density at radius 2 is 1.15 bits per heavy atom. The third kappa shape index (κ3) is 10.7. The Kier molecular flexibility index (Phi) is 12.9. The first-order valence-electron chi connectivity index (χ1n) is 17.7. The van der Waals surface area contributed by atoms with E-state index in [0.29, 0.717) is 30.8 Å². The number of thiazole rings is 2. The molecule has 6 aromatic rings. The van der Waals surface area contributed by atoms with Crippen LogP contribution in [0.15, 0.2) is 78.1 Å². The predicted octanol–water partition coefficient (Wildman–Crippen LogP) is 9.99. The molecule has 0 radical (unpaired) electrons. The van der Waals surface area contributed by atoms with Gasteiger partial charge in [-0.2, -0.15) is 10.2 Å². The van der Waals surface area contributed by atoms with Crippen molar-refractivity contribution in [2.75, 3.05) is 0 Å². The van der Waals surface area contributed by atoms with E-state index in [4.69, 9.17) is 11.6 Å². The van der Waals surface area contributed by atoms with E-state index in [0.717, 1.165) is 58.7 Å². The topological polar surface area (TPSA) is 131 Å². The van der Waals surface area contributed by atoms with Crippen LogP contribution in [-0.2, 0) is 23.7 Å². The Morgan fingerprint density at radius 3 is 1.56 bits per heavy atom. The summed E-state index contributed by atoms with van der Waals surface area (Å²) in [6, 6.07) is 15.5. The van der Waals surface area contributed by atoms with Crippen LogP contribution in [0.2, 0.25) is 5.15 Å². The van der Waals surface area contributed by atoms with Crippen molar-refractivity contribution in [3.63, 3.8) is 0 Å². The van der Waals surface area contributed by atoms with Gasteiger partial charge in [-0.15, -0.1) is 27.8 Å². The summed E-state index contributed by atoms with van der Waals surface area (Å²) < 4.78 is 0. The predicted molar refractivity (Wildman–Crippen MR) is 219 cm³/mol. The van der Waals surface area contributed by atoms with Gasteiger partial charge in [-0.25, -0.2) is 15.1 Å². The van der Waals surface area contributed by atoms with Crippen LogP contribution in [-0.4, -0.2) is 41.9 Å². The summed E-state index contributed by atoms with van der Waals surface area (Å²) in [4.78, 5) is 46.8. The van der Waals surface area contributed by atoms with Crippen molar-refractivity contribution in [1.29, 1.82) is 0 Å². The molecule has 4 aromatic heterocycles. The molecule has 0 bridgehead atoms. The summed E-state index contributed by atoms with van der Waals surface area (Å²) in [6.07, 6.45) is 9.07. The lowest BCUT2D eigenvalue weighted by molar-refractivity contribution is 0.0978. The van der Waals surface area contributed by atoms with Crippen molar-refractivity contribution in [3.05, 3.63) is 131 Å². The molecule has 1 N–H and O–H groups in total. The number of aromatic amines is 1. The third-order valence-corrected chi connectivity index (χ3v) is 11.8. The van der Waals surface area contributed by atoms with E-state index in [1.807, 2.05) is 31.2 Å². The van der Waals surface area contributed by atoms with E-state index >= 15 is 0 Å². The molecule has 0 saturated heterocycles. The first-order valence-corrected chi connectivity index (χ1v) is 19.7. The minimum absolute atomic E-state index is 0.0275. The Hall–Kier alpha value is -4.71. The van der Waals surface area contributed by atoms with E-state index < -0.39 is 0 Å². The number of ketones is 2. The Labute approximate surface area is 329 Å². The number of aromatic nitrogens is 6. The number of benzene rings is 2. The van der Waals surface area contributed by atoms with Gasteiger partial charge >= 0.3 is 0 Å². The fourth-order valence-electron chi connectivity index (χ4n) is 5.59. The number of halogens is 1. The standard InChI is InChI=1S/C21H22ClN3OS.C21H23N3O2S/c1-13-9-15(16-10-19(22)25-24-11-16)6-5-14(13)7-8-17(26)18-12-23-20(27-18)21(2,3)4;1-13-9-15(16-10-19(26)24-23-11-16)6-5-14(13)7-8-17(25)18-12-22-20(27-18)21(2,3)4/h5-6,9-12H,7-8H2,1-4H3;5-6,9-12H,7-8H2,1-4H3,(H,24,26). The Balaban J connectivity index is 0.000000208. The highest BCUT2D eigenvalue weighted by molar-refractivity contribution is 7.14. The molecule has 280 valence electrons. The third-order valence-electron chi connectivity index (χ3n) is 8.73. The van der Waals surface area contributed by atoms with E-state index in [2.05, 4.69) is 91.0 Å². The molecule has 0 aliphatic carbocycles. The molecule has 0 aliphatic heterocycles. The van der Waals surface area contributed by atoms with Crippen LogP contribution in [0.1, 0.15) is 106 Å². The first kappa shape index (κ1) is 40.5. The first-order chi connectivity index (χ1) is 25.5. The summed E-state index contributed by atoms with van der Waals surface area (Å²) >= 11 is 8.91. The van der Waals surface area contributed by atoms with Gasteiger partial charge in [0.25, 0.3) is 5.56 Å². The molecule has 0 fully saturated rings. The zero-order valence-electron chi connectivity index (χ0n) is 31.9. The molecule has 0 atom stereocenters. The number of carbonyl (C=O) groups excluding carboxylic acids is 2. The van der Waals surface area contributed by atoms with Crippen LogP contribution in [0, 0.1) is 13.8 Å². The largest absolute Gasteiger partial charge is 0.293 e. The van der Waals surface area contributed by atoms with Crippen LogP contribution in [0.25, 0.3) is 22.3 Å². The fraction of sp³-hybridized carbons (Fsp3) is 0.333.